The first-order chi connectivity index (χ1) is 11.3. The fourth-order valence-corrected chi connectivity index (χ4v) is 2.74. The Morgan fingerprint density at radius 3 is 1.96 bits per heavy atom. The molecular formula is C17H29F5O2. The molecule has 0 bridgehead atoms. The summed E-state index contributed by atoms with van der Waals surface area (Å²) in [4.78, 5) is 0. The van der Waals surface area contributed by atoms with E-state index in [1.165, 1.54) is 0 Å². The summed E-state index contributed by atoms with van der Waals surface area (Å²) in [6.07, 6.45) is 1.95. The molecule has 0 saturated carbocycles. The van der Waals surface area contributed by atoms with Crippen molar-refractivity contribution in [1.82, 2.24) is 0 Å². The van der Waals surface area contributed by atoms with Gasteiger partial charge in [0.2, 0.25) is 0 Å². The second kappa shape index (κ2) is 11.2. The minimum absolute atomic E-state index is 0.0798. The average Bonchev–Trinajstić information content (AvgIpc) is 3.00. The van der Waals surface area contributed by atoms with Crippen LogP contribution in [0, 0.1) is 0 Å². The summed E-state index contributed by atoms with van der Waals surface area (Å²) in [6.45, 7) is 2.23. The van der Waals surface area contributed by atoms with E-state index in [1.54, 1.807) is 0 Å². The normalized spacial score (nSPS) is 19.1. The van der Waals surface area contributed by atoms with Gasteiger partial charge in [-0.3, -0.25) is 0 Å². The van der Waals surface area contributed by atoms with Crippen LogP contribution in [0.15, 0.2) is 0 Å². The molecule has 1 fully saturated rings. The molecule has 0 amide bonds. The van der Waals surface area contributed by atoms with Crippen LogP contribution in [0.25, 0.3) is 0 Å². The topological polar surface area (TPSA) is 18.5 Å². The van der Waals surface area contributed by atoms with E-state index in [4.69, 9.17) is 9.47 Å². The van der Waals surface area contributed by atoms with Crippen molar-refractivity contribution >= 4 is 0 Å². The van der Waals surface area contributed by atoms with Gasteiger partial charge in [-0.25, -0.2) is 0 Å². The molecule has 1 saturated heterocycles. The lowest BCUT2D eigenvalue weighted by atomic mass is 10.1. The molecule has 2 nitrogen and oxygen atoms in total. The van der Waals surface area contributed by atoms with E-state index < -0.39 is 18.5 Å². The highest BCUT2D eigenvalue weighted by atomic mass is 19.4. The number of alkyl halides is 5. The van der Waals surface area contributed by atoms with Crippen molar-refractivity contribution in [2.75, 3.05) is 19.8 Å². The summed E-state index contributed by atoms with van der Waals surface area (Å²) < 4.78 is 72.2. The number of rotatable bonds is 13. The number of halogens is 5. The van der Waals surface area contributed by atoms with Gasteiger partial charge in [-0.2, -0.15) is 22.0 Å². The van der Waals surface area contributed by atoms with E-state index >= 15 is 0 Å². The zero-order chi connectivity index (χ0) is 17.9. The highest BCUT2D eigenvalue weighted by Crippen LogP contribution is 2.39. The van der Waals surface area contributed by atoms with Crippen LogP contribution in [0.2, 0.25) is 0 Å². The third-order valence-corrected chi connectivity index (χ3v) is 4.27. The van der Waals surface area contributed by atoms with Crippen molar-refractivity contribution in [2.45, 2.75) is 88.8 Å². The van der Waals surface area contributed by atoms with Gasteiger partial charge >= 0.3 is 12.1 Å². The lowest BCUT2D eigenvalue weighted by Gasteiger charge is -2.19. The highest BCUT2D eigenvalue weighted by Gasteiger charge is 2.56. The fraction of sp³-hybridized carbons (Fsp3) is 1.00. The van der Waals surface area contributed by atoms with Crippen molar-refractivity contribution in [2.24, 2.45) is 0 Å². The lowest BCUT2D eigenvalue weighted by molar-refractivity contribution is -0.284. The second-order valence-electron chi connectivity index (χ2n) is 6.49. The molecule has 0 aromatic heterocycles. The van der Waals surface area contributed by atoms with Crippen LogP contribution in [0.4, 0.5) is 22.0 Å². The molecular weight excluding hydrogens is 331 g/mol. The van der Waals surface area contributed by atoms with Crippen molar-refractivity contribution in [3.8, 4) is 0 Å². The van der Waals surface area contributed by atoms with Crippen molar-refractivity contribution in [3.05, 3.63) is 0 Å². The Labute approximate surface area is 141 Å². The predicted molar refractivity (Wildman–Crippen MR) is 82.3 cm³/mol. The summed E-state index contributed by atoms with van der Waals surface area (Å²) in [5.41, 5.74) is 0. The Morgan fingerprint density at radius 2 is 1.42 bits per heavy atom. The van der Waals surface area contributed by atoms with E-state index in [9.17, 15) is 22.0 Å². The van der Waals surface area contributed by atoms with Crippen LogP contribution in [0.3, 0.4) is 0 Å². The van der Waals surface area contributed by atoms with Crippen molar-refractivity contribution in [1.29, 1.82) is 0 Å². The predicted octanol–water partition coefficient (Wildman–Crippen LogP) is 5.89. The number of hydrogen-bond donors (Lipinski definition) is 0. The van der Waals surface area contributed by atoms with Crippen LogP contribution in [-0.4, -0.2) is 38.0 Å². The molecule has 0 spiro atoms. The SMILES string of the molecule is FC(F)(F)C(F)(F)CCCCCCCCCCOCC1CCCO1. The maximum atomic E-state index is 12.7. The van der Waals surface area contributed by atoms with E-state index in [2.05, 4.69) is 0 Å². The van der Waals surface area contributed by atoms with Gasteiger partial charge in [0.1, 0.15) is 0 Å². The molecule has 0 aromatic rings. The van der Waals surface area contributed by atoms with Crippen molar-refractivity contribution < 1.29 is 31.4 Å². The Bertz CT molecular complexity index is 315. The molecule has 1 atom stereocenters. The zero-order valence-corrected chi connectivity index (χ0v) is 14.2. The van der Waals surface area contributed by atoms with Gasteiger partial charge in [-0.15, -0.1) is 0 Å². The first kappa shape index (κ1) is 21.6. The molecule has 1 heterocycles. The quantitative estimate of drug-likeness (QED) is 0.301. The van der Waals surface area contributed by atoms with Crippen LogP contribution < -0.4 is 0 Å². The Morgan fingerprint density at radius 1 is 0.833 bits per heavy atom. The third kappa shape index (κ3) is 9.16. The molecule has 1 aliphatic heterocycles. The monoisotopic (exact) mass is 360 g/mol. The van der Waals surface area contributed by atoms with Gasteiger partial charge < -0.3 is 9.47 Å². The van der Waals surface area contributed by atoms with Gasteiger partial charge in [-0.05, 0) is 25.7 Å². The van der Waals surface area contributed by atoms with E-state index in [0.717, 1.165) is 58.2 Å². The maximum Gasteiger partial charge on any atom is 0.453 e. The minimum Gasteiger partial charge on any atom is -0.379 e. The lowest BCUT2D eigenvalue weighted by Crippen LogP contribution is -2.36. The van der Waals surface area contributed by atoms with Gasteiger partial charge in [-0.1, -0.05) is 38.5 Å². The standard InChI is InChI=1S/C17H29F5O2/c18-16(19,17(20,21)22)11-7-5-3-1-2-4-6-8-12-23-14-15-10-9-13-24-15/h15H,1-14H2. The zero-order valence-electron chi connectivity index (χ0n) is 14.2. The highest BCUT2D eigenvalue weighted by molar-refractivity contribution is 4.75. The molecule has 1 aliphatic rings. The van der Waals surface area contributed by atoms with Crippen LogP contribution in [0.5, 0.6) is 0 Å². The third-order valence-electron chi connectivity index (χ3n) is 4.27. The van der Waals surface area contributed by atoms with Crippen molar-refractivity contribution in [3.63, 3.8) is 0 Å². The molecule has 0 N–H and O–H groups in total. The summed E-state index contributed by atoms with van der Waals surface area (Å²) >= 11 is 0. The molecule has 1 rings (SSSR count). The van der Waals surface area contributed by atoms with Gasteiger partial charge in [0.15, 0.2) is 0 Å². The molecule has 0 aromatic carbocycles. The molecule has 24 heavy (non-hydrogen) atoms. The largest absolute Gasteiger partial charge is 0.453 e. The number of ether oxygens (including phenoxy) is 2. The summed E-state index contributed by atoms with van der Waals surface area (Å²) in [7, 11) is 0. The first-order valence-corrected chi connectivity index (χ1v) is 8.97. The van der Waals surface area contributed by atoms with Gasteiger partial charge in [0.25, 0.3) is 0 Å². The molecule has 0 radical (unpaired) electrons. The Balaban J connectivity index is 1.80. The van der Waals surface area contributed by atoms with Crippen LogP contribution >= 0.6 is 0 Å². The van der Waals surface area contributed by atoms with E-state index in [0.29, 0.717) is 19.4 Å². The maximum absolute atomic E-state index is 12.7. The van der Waals surface area contributed by atoms with E-state index in [1.807, 2.05) is 0 Å². The molecule has 1 unspecified atom stereocenters. The number of hydrogen-bond acceptors (Lipinski definition) is 2. The number of unbranched alkanes of at least 4 members (excludes halogenated alkanes) is 7. The average molecular weight is 360 g/mol. The van der Waals surface area contributed by atoms with E-state index in [-0.39, 0.29) is 12.5 Å². The molecule has 144 valence electrons. The van der Waals surface area contributed by atoms with Crippen LogP contribution in [-0.2, 0) is 9.47 Å². The summed E-state index contributed by atoms with van der Waals surface area (Å²) in [5, 5.41) is 0. The summed E-state index contributed by atoms with van der Waals surface area (Å²) in [5.74, 6) is -4.55. The Hall–Kier alpha value is -0.430. The van der Waals surface area contributed by atoms with Gasteiger partial charge in [0, 0.05) is 19.6 Å². The first-order valence-electron chi connectivity index (χ1n) is 8.97. The van der Waals surface area contributed by atoms with Crippen LogP contribution in [0.1, 0.15) is 70.6 Å². The minimum atomic E-state index is -5.42. The molecule has 7 heteroatoms. The molecule has 0 aliphatic carbocycles. The summed E-state index contributed by atoms with van der Waals surface area (Å²) in [6, 6.07) is 0. The Kier molecular flexibility index (Phi) is 10.1. The second-order valence-corrected chi connectivity index (χ2v) is 6.49. The fourth-order valence-electron chi connectivity index (χ4n) is 2.74. The smallest absolute Gasteiger partial charge is 0.379 e. The van der Waals surface area contributed by atoms with Gasteiger partial charge in [0.05, 0.1) is 12.7 Å².